The van der Waals surface area contributed by atoms with Crippen LogP contribution in [0.15, 0.2) is 53.8 Å². The van der Waals surface area contributed by atoms with Crippen LogP contribution in [0.25, 0.3) is 0 Å². The van der Waals surface area contributed by atoms with Gasteiger partial charge in [0.2, 0.25) is 23.0 Å². The van der Waals surface area contributed by atoms with E-state index < -0.39 is 0 Å². The predicted octanol–water partition coefficient (Wildman–Crippen LogP) is 3.01. The molecule has 1 saturated heterocycles. The summed E-state index contributed by atoms with van der Waals surface area (Å²) in [5.74, 6) is 1.37. The van der Waals surface area contributed by atoms with Gasteiger partial charge in [-0.3, -0.25) is 5.32 Å². The van der Waals surface area contributed by atoms with Gasteiger partial charge in [-0.2, -0.15) is 4.99 Å². The van der Waals surface area contributed by atoms with E-state index in [0.717, 1.165) is 24.5 Å². The van der Waals surface area contributed by atoms with Crippen LogP contribution in [0.2, 0.25) is 0 Å². The second-order valence-electron chi connectivity index (χ2n) is 7.49. The molecule has 0 aliphatic carbocycles. The van der Waals surface area contributed by atoms with Gasteiger partial charge in [0.25, 0.3) is 0 Å². The minimum atomic E-state index is -0.315. The van der Waals surface area contributed by atoms with Gasteiger partial charge in [-0.25, -0.2) is 24.3 Å². The van der Waals surface area contributed by atoms with Crippen molar-refractivity contribution in [3.8, 4) is 0 Å². The van der Waals surface area contributed by atoms with Crippen LogP contribution in [0, 0.1) is 19.7 Å². The molecule has 11 heteroatoms. The van der Waals surface area contributed by atoms with E-state index in [0.29, 0.717) is 36.6 Å². The number of aromatic nitrogens is 4. The first kappa shape index (κ1) is 22.5. The van der Waals surface area contributed by atoms with Crippen molar-refractivity contribution in [3.63, 3.8) is 0 Å². The minimum Gasteiger partial charge on any atom is -0.339 e. The Morgan fingerprint density at radius 1 is 0.970 bits per heavy atom. The monoisotopic (exact) mass is 465 g/mol. The number of thiocarbonyl (C=S) groups is 1. The summed E-state index contributed by atoms with van der Waals surface area (Å²) in [7, 11) is 0. The summed E-state index contributed by atoms with van der Waals surface area (Å²) in [6, 6.07) is 9.64. The number of aliphatic imine (C=N–C) groups is 1. The lowest BCUT2D eigenvalue weighted by Gasteiger charge is -2.36. The summed E-state index contributed by atoms with van der Waals surface area (Å²) in [6.45, 7) is 6.61. The molecule has 1 aliphatic heterocycles. The largest absolute Gasteiger partial charge is 0.339 e. The first-order chi connectivity index (χ1) is 16.0. The van der Waals surface area contributed by atoms with Crippen LogP contribution in [0.1, 0.15) is 11.4 Å². The molecule has 1 aliphatic rings. The molecule has 0 bridgehead atoms. The van der Waals surface area contributed by atoms with E-state index in [9.17, 15) is 4.39 Å². The summed E-state index contributed by atoms with van der Waals surface area (Å²) in [5, 5.41) is 6.49. The Labute approximate surface area is 196 Å². The number of halogens is 1. The number of piperazine rings is 1. The van der Waals surface area contributed by atoms with Crippen LogP contribution in [0.3, 0.4) is 0 Å². The Kier molecular flexibility index (Phi) is 6.98. The standard InChI is InChI=1S/C22H24FN9S/c1-15-14-16(2)27-19(26-15)29-21(30-22(33)28-18-6-4-17(23)5-7-18)32-12-10-31(11-13-32)20-24-8-3-9-25-20/h3-9,14H,10-13H2,1-2H3,(H2,26,27,28,29,30,33). The third-order valence-electron chi connectivity index (χ3n) is 4.92. The smallest absolute Gasteiger partial charge is 0.229 e. The van der Waals surface area contributed by atoms with Gasteiger partial charge in [-0.05, 0) is 62.5 Å². The van der Waals surface area contributed by atoms with Crippen LogP contribution < -0.4 is 15.5 Å². The van der Waals surface area contributed by atoms with Crippen LogP contribution in [-0.4, -0.2) is 62.1 Å². The second-order valence-corrected chi connectivity index (χ2v) is 7.88. The third kappa shape index (κ3) is 6.16. The number of hydrogen-bond donors (Lipinski definition) is 2. The molecular weight excluding hydrogens is 441 g/mol. The molecule has 2 N–H and O–H groups in total. The molecule has 0 atom stereocenters. The van der Waals surface area contributed by atoms with E-state index in [1.165, 1.54) is 12.1 Å². The molecule has 9 nitrogen and oxygen atoms in total. The van der Waals surface area contributed by atoms with E-state index >= 15 is 0 Å². The van der Waals surface area contributed by atoms with Crippen molar-refractivity contribution in [2.45, 2.75) is 13.8 Å². The number of guanidine groups is 1. The molecule has 33 heavy (non-hydrogen) atoms. The number of nitrogens with zero attached hydrogens (tertiary/aromatic N) is 7. The van der Waals surface area contributed by atoms with E-state index in [1.807, 2.05) is 19.9 Å². The van der Waals surface area contributed by atoms with Crippen molar-refractivity contribution >= 4 is 40.9 Å². The van der Waals surface area contributed by atoms with Gasteiger partial charge in [0.15, 0.2) is 0 Å². The Bertz CT molecular complexity index is 1110. The number of anilines is 3. The highest BCUT2D eigenvalue weighted by molar-refractivity contribution is 7.80. The van der Waals surface area contributed by atoms with Gasteiger partial charge in [-0.1, -0.05) is 0 Å². The molecule has 4 rings (SSSR count). The SMILES string of the molecule is Cc1cc(C)nc(N/C(=N/C(=S)Nc2ccc(F)cc2)N2CCN(c3ncccn3)CC2)n1. The van der Waals surface area contributed by atoms with Crippen molar-refractivity contribution in [3.05, 3.63) is 66.0 Å². The molecular formula is C22H24FN9S. The summed E-state index contributed by atoms with van der Waals surface area (Å²) in [4.78, 5) is 26.4. The maximum Gasteiger partial charge on any atom is 0.229 e. The average Bonchev–Trinajstić information content (AvgIpc) is 2.80. The van der Waals surface area contributed by atoms with Gasteiger partial charge in [0.05, 0.1) is 0 Å². The van der Waals surface area contributed by atoms with E-state index in [-0.39, 0.29) is 10.9 Å². The summed E-state index contributed by atoms with van der Waals surface area (Å²) in [6.07, 6.45) is 3.47. The molecule has 1 aromatic carbocycles. The zero-order chi connectivity index (χ0) is 23.2. The lowest BCUT2D eigenvalue weighted by Crippen LogP contribution is -2.51. The fourth-order valence-electron chi connectivity index (χ4n) is 3.41. The lowest BCUT2D eigenvalue weighted by atomic mass is 10.3. The van der Waals surface area contributed by atoms with Crippen molar-refractivity contribution in [2.75, 3.05) is 41.7 Å². The molecule has 3 heterocycles. The summed E-state index contributed by atoms with van der Waals surface area (Å²) < 4.78 is 13.2. The van der Waals surface area contributed by atoms with Crippen molar-refractivity contribution in [1.82, 2.24) is 24.8 Å². The molecule has 170 valence electrons. The quantitative estimate of drug-likeness (QED) is 0.344. The number of benzene rings is 1. The normalized spacial score (nSPS) is 14.2. The lowest BCUT2D eigenvalue weighted by molar-refractivity contribution is 0.382. The molecule has 0 radical (unpaired) electrons. The Morgan fingerprint density at radius 3 is 2.24 bits per heavy atom. The van der Waals surface area contributed by atoms with Crippen LogP contribution in [0.5, 0.6) is 0 Å². The van der Waals surface area contributed by atoms with Gasteiger partial charge in [0, 0.05) is 55.6 Å². The topological polar surface area (TPSA) is 94.5 Å². The zero-order valence-corrected chi connectivity index (χ0v) is 19.2. The van der Waals surface area contributed by atoms with Gasteiger partial charge < -0.3 is 15.1 Å². The fourth-order valence-corrected chi connectivity index (χ4v) is 3.62. The number of nitrogens with one attached hydrogen (secondary N) is 2. The van der Waals surface area contributed by atoms with Crippen LogP contribution >= 0.6 is 12.2 Å². The summed E-state index contributed by atoms with van der Waals surface area (Å²) in [5.41, 5.74) is 2.35. The first-order valence-electron chi connectivity index (χ1n) is 10.5. The van der Waals surface area contributed by atoms with Gasteiger partial charge >= 0.3 is 0 Å². The Hall–Kier alpha value is -3.73. The number of aryl methyl sites for hydroxylation is 2. The van der Waals surface area contributed by atoms with Crippen LogP contribution in [-0.2, 0) is 0 Å². The van der Waals surface area contributed by atoms with Crippen molar-refractivity contribution < 1.29 is 4.39 Å². The molecule has 2 aromatic heterocycles. The Morgan fingerprint density at radius 2 is 1.61 bits per heavy atom. The molecule has 0 amide bonds. The molecule has 1 fully saturated rings. The molecule has 0 spiro atoms. The van der Waals surface area contributed by atoms with Crippen LogP contribution in [0.4, 0.5) is 22.0 Å². The zero-order valence-electron chi connectivity index (χ0n) is 18.4. The van der Waals surface area contributed by atoms with Crippen molar-refractivity contribution in [2.24, 2.45) is 4.99 Å². The van der Waals surface area contributed by atoms with E-state index in [4.69, 9.17) is 12.2 Å². The third-order valence-corrected chi connectivity index (χ3v) is 5.12. The molecule has 3 aromatic rings. The minimum absolute atomic E-state index is 0.238. The average molecular weight is 466 g/mol. The fraction of sp³-hybridized carbons (Fsp3) is 0.273. The van der Waals surface area contributed by atoms with E-state index in [1.54, 1.807) is 30.6 Å². The highest BCUT2D eigenvalue weighted by Gasteiger charge is 2.22. The van der Waals surface area contributed by atoms with Gasteiger partial charge in [0.1, 0.15) is 5.82 Å². The first-order valence-corrected chi connectivity index (χ1v) is 10.9. The highest BCUT2D eigenvalue weighted by Crippen LogP contribution is 2.13. The maximum absolute atomic E-state index is 13.2. The van der Waals surface area contributed by atoms with Gasteiger partial charge in [-0.15, -0.1) is 0 Å². The maximum atomic E-state index is 13.2. The number of hydrogen-bond acceptors (Lipinski definition) is 6. The molecule has 0 saturated carbocycles. The Balaban J connectivity index is 1.52. The number of rotatable bonds is 3. The van der Waals surface area contributed by atoms with Crippen molar-refractivity contribution in [1.29, 1.82) is 0 Å². The molecule has 0 unspecified atom stereocenters. The van der Waals surface area contributed by atoms with E-state index in [2.05, 4.69) is 45.4 Å². The predicted molar refractivity (Wildman–Crippen MR) is 131 cm³/mol. The second kappa shape index (κ2) is 10.3. The summed E-state index contributed by atoms with van der Waals surface area (Å²) >= 11 is 5.45. The highest BCUT2D eigenvalue weighted by atomic mass is 32.1.